The standard InChI is InChI=1S/C8H7N3O3/c1-11-3-6(9-4-11)5-2-7(8(12)13)14-10-5/h2-4H,1H3,(H,12,13). The number of carboxylic acid groups (broad SMARTS) is 1. The molecule has 0 atom stereocenters. The van der Waals surface area contributed by atoms with Crippen LogP contribution in [0.5, 0.6) is 0 Å². The molecule has 0 radical (unpaired) electrons. The quantitative estimate of drug-likeness (QED) is 0.761. The number of imidazole rings is 1. The highest BCUT2D eigenvalue weighted by atomic mass is 16.5. The Labute approximate surface area is 78.8 Å². The summed E-state index contributed by atoms with van der Waals surface area (Å²) < 4.78 is 6.33. The number of carboxylic acids is 1. The summed E-state index contributed by atoms with van der Waals surface area (Å²) in [5.41, 5.74) is 1.01. The van der Waals surface area contributed by atoms with Gasteiger partial charge in [-0.05, 0) is 0 Å². The van der Waals surface area contributed by atoms with Crippen LogP contribution in [0.4, 0.5) is 0 Å². The van der Waals surface area contributed by atoms with Gasteiger partial charge in [-0.2, -0.15) is 0 Å². The normalized spacial score (nSPS) is 10.4. The first-order valence-corrected chi connectivity index (χ1v) is 3.85. The Kier molecular flexibility index (Phi) is 1.81. The predicted octanol–water partition coefficient (Wildman–Crippen LogP) is 0.773. The topological polar surface area (TPSA) is 81.2 Å². The largest absolute Gasteiger partial charge is 0.475 e. The van der Waals surface area contributed by atoms with Crippen LogP contribution in [0.3, 0.4) is 0 Å². The molecule has 0 bridgehead atoms. The first-order chi connectivity index (χ1) is 6.66. The molecule has 0 aliphatic heterocycles. The second-order valence-electron chi connectivity index (χ2n) is 2.81. The third-order valence-corrected chi connectivity index (χ3v) is 1.69. The molecule has 14 heavy (non-hydrogen) atoms. The van der Waals surface area contributed by atoms with Gasteiger partial charge in [0.1, 0.15) is 11.4 Å². The molecule has 2 aromatic heterocycles. The van der Waals surface area contributed by atoms with E-state index >= 15 is 0 Å². The van der Waals surface area contributed by atoms with Gasteiger partial charge in [0.2, 0.25) is 5.76 Å². The number of carbonyl (C=O) groups is 1. The molecular formula is C8H7N3O3. The molecule has 0 fully saturated rings. The number of aryl methyl sites for hydroxylation is 1. The fraction of sp³-hybridized carbons (Fsp3) is 0.125. The maximum absolute atomic E-state index is 10.5. The van der Waals surface area contributed by atoms with Crippen LogP contribution in [0.2, 0.25) is 0 Å². The van der Waals surface area contributed by atoms with Gasteiger partial charge in [-0.1, -0.05) is 5.16 Å². The Bertz CT molecular complexity index is 472. The van der Waals surface area contributed by atoms with Crippen LogP contribution >= 0.6 is 0 Å². The molecule has 0 spiro atoms. The molecule has 0 aromatic carbocycles. The van der Waals surface area contributed by atoms with Crippen molar-refractivity contribution >= 4 is 5.97 Å². The molecule has 6 heteroatoms. The van der Waals surface area contributed by atoms with Crippen LogP contribution < -0.4 is 0 Å². The van der Waals surface area contributed by atoms with Crippen molar-refractivity contribution in [3.8, 4) is 11.4 Å². The monoisotopic (exact) mass is 193 g/mol. The van der Waals surface area contributed by atoms with Crippen LogP contribution in [-0.4, -0.2) is 25.8 Å². The SMILES string of the molecule is Cn1cnc(-c2cc(C(=O)O)on2)c1. The molecule has 2 rings (SSSR count). The Morgan fingerprint density at radius 2 is 2.36 bits per heavy atom. The molecular weight excluding hydrogens is 186 g/mol. The third kappa shape index (κ3) is 1.37. The van der Waals surface area contributed by atoms with E-state index in [9.17, 15) is 4.79 Å². The molecule has 0 saturated heterocycles. The van der Waals surface area contributed by atoms with Crippen molar-refractivity contribution in [2.24, 2.45) is 7.05 Å². The van der Waals surface area contributed by atoms with Crippen LogP contribution in [0.15, 0.2) is 23.1 Å². The molecule has 2 heterocycles. The summed E-state index contributed by atoms with van der Waals surface area (Å²) in [6, 6.07) is 1.34. The summed E-state index contributed by atoms with van der Waals surface area (Å²) in [5, 5.41) is 12.2. The van der Waals surface area contributed by atoms with E-state index in [0.29, 0.717) is 11.4 Å². The third-order valence-electron chi connectivity index (χ3n) is 1.69. The maximum Gasteiger partial charge on any atom is 0.374 e. The van der Waals surface area contributed by atoms with E-state index in [4.69, 9.17) is 5.11 Å². The highest BCUT2D eigenvalue weighted by molar-refractivity contribution is 5.85. The van der Waals surface area contributed by atoms with Gasteiger partial charge in [-0.25, -0.2) is 9.78 Å². The van der Waals surface area contributed by atoms with E-state index in [1.165, 1.54) is 6.07 Å². The van der Waals surface area contributed by atoms with E-state index in [2.05, 4.69) is 14.7 Å². The Morgan fingerprint density at radius 3 is 2.86 bits per heavy atom. The lowest BCUT2D eigenvalue weighted by Crippen LogP contribution is -1.91. The highest BCUT2D eigenvalue weighted by Gasteiger charge is 2.13. The second-order valence-corrected chi connectivity index (χ2v) is 2.81. The zero-order valence-corrected chi connectivity index (χ0v) is 7.34. The van der Waals surface area contributed by atoms with Crippen LogP contribution in [0.25, 0.3) is 11.4 Å². The van der Waals surface area contributed by atoms with Crippen molar-refractivity contribution in [3.05, 3.63) is 24.4 Å². The van der Waals surface area contributed by atoms with Crippen molar-refractivity contribution in [3.63, 3.8) is 0 Å². The lowest BCUT2D eigenvalue weighted by atomic mass is 10.3. The Hall–Kier alpha value is -2.11. The van der Waals surface area contributed by atoms with Crippen molar-refractivity contribution in [2.75, 3.05) is 0 Å². The van der Waals surface area contributed by atoms with Gasteiger partial charge >= 0.3 is 5.97 Å². The van der Waals surface area contributed by atoms with Gasteiger partial charge in [-0.15, -0.1) is 0 Å². The van der Waals surface area contributed by atoms with E-state index in [1.54, 1.807) is 17.1 Å². The average molecular weight is 193 g/mol. The number of aromatic carboxylic acids is 1. The molecule has 0 aliphatic rings. The minimum absolute atomic E-state index is 0.189. The Balaban J connectivity index is 2.38. The lowest BCUT2D eigenvalue weighted by Gasteiger charge is -1.83. The summed E-state index contributed by atoms with van der Waals surface area (Å²) in [6.07, 6.45) is 3.33. The molecule has 0 aliphatic carbocycles. The lowest BCUT2D eigenvalue weighted by molar-refractivity contribution is 0.0652. The highest BCUT2D eigenvalue weighted by Crippen LogP contribution is 2.16. The number of nitrogens with zero attached hydrogens (tertiary/aromatic N) is 3. The second kappa shape index (κ2) is 2.99. The molecule has 0 unspecified atom stereocenters. The van der Waals surface area contributed by atoms with Crippen LogP contribution in [0, 0.1) is 0 Å². The van der Waals surface area contributed by atoms with Crippen LogP contribution in [-0.2, 0) is 7.05 Å². The van der Waals surface area contributed by atoms with Gasteiger partial charge < -0.3 is 14.2 Å². The molecule has 2 aromatic rings. The Morgan fingerprint density at radius 1 is 1.57 bits per heavy atom. The number of rotatable bonds is 2. The molecule has 6 nitrogen and oxygen atoms in total. The van der Waals surface area contributed by atoms with Crippen LogP contribution in [0.1, 0.15) is 10.6 Å². The molecule has 0 saturated carbocycles. The first-order valence-electron chi connectivity index (χ1n) is 3.85. The summed E-state index contributed by atoms with van der Waals surface area (Å²) in [4.78, 5) is 14.5. The van der Waals surface area contributed by atoms with Crippen molar-refractivity contribution < 1.29 is 14.4 Å². The summed E-state index contributed by atoms with van der Waals surface area (Å²) in [6.45, 7) is 0. The minimum Gasteiger partial charge on any atom is -0.475 e. The van der Waals surface area contributed by atoms with Crippen molar-refractivity contribution in [2.45, 2.75) is 0 Å². The van der Waals surface area contributed by atoms with E-state index in [0.717, 1.165) is 0 Å². The number of hydrogen-bond donors (Lipinski definition) is 1. The zero-order valence-electron chi connectivity index (χ0n) is 7.34. The van der Waals surface area contributed by atoms with Gasteiger partial charge in [0.25, 0.3) is 0 Å². The van der Waals surface area contributed by atoms with Gasteiger partial charge in [0.15, 0.2) is 0 Å². The zero-order chi connectivity index (χ0) is 10.1. The number of aromatic nitrogens is 3. The maximum atomic E-state index is 10.5. The van der Waals surface area contributed by atoms with Crippen molar-refractivity contribution in [1.82, 2.24) is 14.7 Å². The molecule has 0 amide bonds. The molecule has 72 valence electrons. The first kappa shape index (κ1) is 8.49. The minimum atomic E-state index is -1.14. The predicted molar refractivity (Wildman–Crippen MR) is 45.7 cm³/mol. The summed E-state index contributed by atoms with van der Waals surface area (Å²) >= 11 is 0. The summed E-state index contributed by atoms with van der Waals surface area (Å²) in [7, 11) is 1.81. The smallest absolute Gasteiger partial charge is 0.374 e. The van der Waals surface area contributed by atoms with Gasteiger partial charge in [0.05, 0.1) is 6.33 Å². The fourth-order valence-corrected chi connectivity index (χ4v) is 1.04. The van der Waals surface area contributed by atoms with Gasteiger partial charge in [0, 0.05) is 19.3 Å². The van der Waals surface area contributed by atoms with E-state index in [-0.39, 0.29) is 5.76 Å². The summed E-state index contributed by atoms with van der Waals surface area (Å²) in [5.74, 6) is -1.33. The van der Waals surface area contributed by atoms with E-state index in [1.807, 2.05) is 7.05 Å². The number of hydrogen-bond acceptors (Lipinski definition) is 4. The molecule has 1 N–H and O–H groups in total. The fourth-order valence-electron chi connectivity index (χ4n) is 1.04. The van der Waals surface area contributed by atoms with E-state index < -0.39 is 5.97 Å². The van der Waals surface area contributed by atoms with Gasteiger partial charge in [-0.3, -0.25) is 0 Å². The average Bonchev–Trinajstić information content (AvgIpc) is 2.70. The van der Waals surface area contributed by atoms with Crippen molar-refractivity contribution in [1.29, 1.82) is 0 Å².